The summed E-state index contributed by atoms with van der Waals surface area (Å²) in [5.41, 5.74) is 3.21. The van der Waals surface area contributed by atoms with E-state index >= 15 is 0 Å². The van der Waals surface area contributed by atoms with Crippen LogP contribution in [0.5, 0.6) is 0 Å². The monoisotopic (exact) mass is 256 g/mol. The minimum atomic E-state index is -0.225. The lowest BCUT2D eigenvalue weighted by Gasteiger charge is -2.03. The van der Waals surface area contributed by atoms with E-state index in [1.807, 2.05) is 42.8 Å². The van der Waals surface area contributed by atoms with Crippen LogP contribution in [0.15, 0.2) is 18.2 Å². The molecule has 0 spiro atoms. The number of nitrogens with zero attached hydrogens (tertiary/aromatic N) is 3. The normalized spacial score (nSPS) is 10.4. The van der Waals surface area contributed by atoms with E-state index in [9.17, 15) is 4.79 Å². The van der Waals surface area contributed by atoms with Gasteiger partial charge in [0.2, 0.25) is 5.91 Å². The molecule has 0 aliphatic carbocycles. The Morgan fingerprint density at radius 2 is 2.32 bits per heavy atom. The van der Waals surface area contributed by atoms with Crippen LogP contribution < -0.4 is 5.32 Å². The summed E-state index contributed by atoms with van der Waals surface area (Å²) in [6.07, 6.45) is 0.654. The van der Waals surface area contributed by atoms with E-state index in [4.69, 9.17) is 5.26 Å². The number of rotatable bonds is 4. The number of nitrogens with one attached hydrogen (secondary N) is 1. The first-order chi connectivity index (χ1) is 9.11. The molecule has 5 nitrogen and oxygen atoms in total. The maximum atomic E-state index is 11.1. The van der Waals surface area contributed by atoms with Crippen LogP contribution >= 0.6 is 0 Å². The number of fused-ring (bicyclic) bond motifs is 1. The molecule has 0 bridgehead atoms. The first-order valence-corrected chi connectivity index (χ1v) is 6.17. The summed E-state index contributed by atoms with van der Waals surface area (Å²) in [5, 5.41) is 11.1. The predicted octanol–water partition coefficient (Wildman–Crippen LogP) is 1.45. The van der Waals surface area contributed by atoms with Gasteiger partial charge in [0.15, 0.2) is 0 Å². The molecule has 0 aliphatic rings. The molecule has 19 heavy (non-hydrogen) atoms. The van der Waals surface area contributed by atoms with Gasteiger partial charge in [-0.3, -0.25) is 4.79 Å². The first-order valence-electron chi connectivity index (χ1n) is 6.17. The number of hydrogen-bond acceptors (Lipinski definition) is 3. The van der Waals surface area contributed by atoms with Crippen molar-refractivity contribution in [2.24, 2.45) is 7.05 Å². The van der Waals surface area contributed by atoms with Crippen molar-refractivity contribution >= 4 is 16.9 Å². The molecule has 0 radical (unpaired) electrons. The molecule has 2 rings (SSSR count). The zero-order valence-electron chi connectivity index (χ0n) is 11.1. The predicted molar refractivity (Wildman–Crippen MR) is 72.4 cm³/mol. The Morgan fingerprint density at radius 3 is 3.05 bits per heavy atom. The minimum absolute atomic E-state index is 0.0849. The Kier molecular flexibility index (Phi) is 3.81. The van der Waals surface area contributed by atoms with E-state index in [0.29, 0.717) is 6.54 Å². The number of amides is 1. The highest BCUT2D eigenvalue weighted by Gasteiger charge is 2.05. The van der Waals surface area contributed by atoms with Gasteiger partial charge in [-0.1, -0.05) is 6.07 Å². The maximum Gasteiger partial charge on any atom is 0.234 e. The highest BCUT2D eigenvalue weighted by molar-refractivity contribution is 5.78. The van der Waals surface area contributed by atoms with Crippen molar-refractivity contribution in [2.75, 3.05) is 6.54 Å². The number of hydrogen-bond donors (Lipinski definition) is 1. The molecule has 1 amide bonds. The number of carbonyl (C=O) groups excluding carboxylic acids is 1. The highest BCUT2D eigenvalue weighted by Crippen LogP contribution is 2.16. The Bertz CT molecular complexity index is 651. The van der Waals surface area contributed by atoms with E-state index in [1.165, 1.54) is 0 Å². The molecule has 0 saturated carbocycles. The van der Waals surface area contributed by atoms with Gasteiger partial charge >= 0.3 is 0 Å². The Labute approximate surface area is 111 Å². The summed E-state index contributed by atoms with van der Waals surface area (Å²) in [6, 6.07) is 7.95. The maximum absolute atomic E-state index is 11.1. The summed E-state index contributed by atoms with van der Waals surface area (Å²) >= 11 is 0. The van der Waals surface area contributed by atoms with Crippen LogP contribution in [0.3, 0.4) is 0 Å². The van der Waals surface area contributed by atoms with Gasteiger partial charge in [0, 0.05) is 13.6 Å². The van der Waals surface area contributed by atoms with E-state index < -0.39 is 0 Å². The van der Waals surface area contributed by atoms with E-state index in [2.05, 4.69) is 10.3 Å². The molecular weight excluding hydrogens is 240 g/mol. The summed E-state index contributed by atoms with van der Waals surface area (Å²) in [6.45, 7) is 2.51. The minimum Gasteiger partial charge on any atom is -0.355 e. The van der Waals surface area contributed by atoms with Gasteiger partial charge in [-0.2, -0.15) is 5.26 Å². The Hall–Kier alpha value is -2.35. The van der Waals surface area contributed by atoms with Gasteiger partial charge in [0.1, 0.15) is 12.2 Å². The van der Waals surface area contributed by atoms with Gasteiger partial charge in [-0.15, -0.1) is 0 Å². The van der Waals surface area contributed by atoms with Gasteiger partial charge in [-0.25, -0.2) is 4.98 Å². The standard InChI is InChI=1S/C14H16N4O/c1-10-17-12-9-11(3-4-13(12)18(10)2)6-8-16-14(19)5-7-15/h3-4,9H,5-6,8H2,1-2H3,(H,16,19). The average Bonchev–Trinajstić information content (AvgIpc) is 2.65. The molecule has 0 saturated heterocycles. The molecule has 1 aromatic heterocycles. The van der Waals surface area contributed by atoms with E-state index in [0.717, 1.165) is 28.8 Å². The number of benzene rings is 1. The van der Waals surface area contributed by atoms with Gasteiger partial charge in [-0.05, 0) is 31.0 Å². The van der Waals surface area contributed by atoms with E-state index in [1.54, 1.807) is 0 Å². The summed E-state index contributed by atoms with van der Waals surface area (Å²) in [7, 11) is 1.99. The van der Waals surface area contributed by atoms with Crippen molar-refractivity contribution in [1.82, 2.24) is 14.9 Å². The fourth-order valence-corrected chi connectivity index (χ4v) is 2.00. The van der Waals surface area contributed by atoms with Crippen LogP contribution in [0.25, 0.3) is 11.0 Å². The number of imidazole rings is 1. The quantitative estimate of drug-likeness (QED) is 0.900. The fourth-order valence-electron chi connectivity index (χ4n) is 2.00. The van der Waals surface area contributed by atoms with Crippen molar-refractivity contribution in [3.05, 3.63) is 29.6 Å². The lowest BCUT2D eigenvalue weighted by molar-refractivity contribution is -0.120. The average molecular weight is 256 g/mol. The van der Waals surface area contributed by atoms with Crippen molar-refractivity contribution in [2.45, 2.75) is 19.8 Å². The molecule has 2 aromatic rings. The molecular formula is C14H16N4O. The highest BCUT2D eigenvalue weighted by atomic mass is 16.1. The van der Waals surface area contributed by atoms with Crippen molar-refractivity contribution < 1.29 is 4.79 Å². The second kappa shape index (κ2) is 5.53. The fraction of sp³-hybridized carbons (Fsp3) is 0.357. The van der Waals surface area contributed by atoms with Crippen LogP contribution in [0.1, 0.15) is 17.8 Å². The lowest BCUT2D eigenvalue weighted by Crippen LogP contribution is -2.24. The van der Waals surface area contributed by atoms with Crippen LogP contribution in [0, 0.1) is 18.3 Å². The zero-order valence-corrected chi connectivity index (χ0v) is 11.1. The summed E-state index contributed by atoms with van der Waals surface area (Å²) < 4.78 is 2.05. The third-order valence-corrected chi connectivity index (χ3v) is 3.14. The lowest BCUT2D eigenvalue weighted by atomic mass is 10.1. The van der Waals surface area contributed by atoms with Crippen molar-refractivity contribution in [3.63, 3.8) is 0 Å². The molecule has 98 valence electrons. The van der Waals surface area contributed by atoms with Crippen LogP contribution in [0.4, 0.5) is 0 Å². The van der Waals surface area contributed by atoms with Gasteiger partial charge in [0.05, 0.1) is 17.1 Å². The topological polar surface area (TPSA) is 70.7 Å². The van der Waals surface area contributed by atoms with E-state index in [-0.39, 0.29) is 12.3 Å². The number of carbonyl (C=O) groups is 1. The third kappa shape index (κ3) is 2.91. The Balaban J connectivity index is 2.02. The summed E-state index contributed by atoms with van der Waals surface area (Å²) in [5.74, 6) is 0.756. The first kappa shape index (κ1) is 13.1. The summed E-state index contributed by atoms with van der Waals surface area (Å²) in [4.78, 5) is 15.6. The second-order valence-corrected chi connectivity index (χ2v) is 4.48. The molecule has 0 fully saturated rings. The number of aryl methyl sites for hydroxylation is 2. The molecule has 0 unspecified atom stereocenters. The molecule has 1 heterocycles. The number of nitriles is 1. The Morgan fingerprint density at radius 1 is 1.53 bits per heavy atom. The molecule has 0 aliphatic heterocycles. The second-order valence-electron chi connectivity index (χ2n) is 4.48. The SMILES string of the molecule is Cc1nc2cc(CCNC(=O)CC#N)ccc2n1C. The van der Waals surface area contributed by atoms with Crippen LogP contribution in [0.2, 0.25) is 0 Å². The van der Waals surface area contributed by atoms with Crippen molar-refractivity contribution in [1.29, 1.82) is 5.26 Å². The molecule has 1 N–H and O–H groups in total. The zero-order chi connectivity index (χ0) is 13.8. The third-order valence-electron chi connectivity index (χ3n) is 3.14. The van der Waals surface area contributed by atoms with Crippen LogP contribution in [-0.2, 0) is 18.3 Å². The largest absolute Gasteiger partial charge is 0.355 e. The molecule has 0 atom stereocenters. The van der Waals surface area contributed by atoms with Gasteiger partial charge in [0.25, 0.3) is 0 Å². The van der Waals surface area contributed by atoms with Gasteiger partial charge < -0.3 is 9.88 Å². The molecule has 1 aromatic carbocycles. The smallest absolute Gasteiger partial charge is 0.234 e. The molecule has 5 heteroatoms. The van der Waals surface area contributed by atoms with Crippen LogP contribution in [-0.4, -0.2) is 22.0 Å². The number of aromatic nitrogens is 2. The van der Waals surface area contributed by atoms with Crippen molar-refractivity contribution in [3.8, 4) is 6.07 Å².